The van der Waals surface area contributed by atoms with Gasteiger partial charge in [0.25, 0.3) is 0 Å². The molecule has 1 aliphatic heterocycles. The van der Waals surface area contributed by atoms with Crippen LogP contribution in [0, 0.1) is 0 Å². The fraction of sp³-hybridized carbons (Fsp3) is 0.286. The Morgan fingerprint density at radius 1 is 1.11 bits per heavy atom. The van der Waals surface area contributed by atoms with Crippen LogP contribution in [0.2, 0.25) is 0 Å². The van der Waals surface area contributed by atoms with Crippen molar-refractivity contribution in [2.24, 2.45) is 0 Å². The maximum Gasteiger partial charge on any atom is 0.209 e. The van der Waals surface area contributed by atoms with Gasteiger partial charge in [-0.05, 0) is 0 Å². The molecular weight excluding hydrogens is 258 g/mol. The van der Waals surface area contributed by atoms with E-state index in [0.29, 0.717) is 0 Å². The molecule has 2 aromatic rings. The molecule has 1 saturated heterocycles. The number of carbonyl (C=O) groups is 1. The van der Waals surface area contributed by atoms with E-state index in [0.717, 1.165) is 49.0 Å². The predicted molar refractivity (Wildman–Crippen MR) is 77.4 cm³/mol. The average molecular weight is 273 g/mol. The topological polar surface area (TPSA) is 36.4 Å². The Kier molecular flexibility index (Phi) is 3.46. The van der Waals surface area contributed by atoms with Crippen LogP contribution in [-0.2, 0) is 4.79 Å². The van der Waals surface area contributed by atoms with Crippen molar-refractivity contribution in [1.82, 2.24) is 9.88 Å². The van der Waals surface area contributed by atoms with E-state index in [-0.39, 0.29) is 0 Å². The van der Waals surface area contributed by atoms with Gasteiger partial charge in [0, 0.05) is 37.1 Å². The van der Waals surface area contributed by atoms with Crippen LogP contribution in [0.1, 0.15) is 0 Å². The van der Waals surface area contributed by atoms with Gasteiger partial charge in [-0.15, -0.1) is 11.3 Å². The number of aromatic nitrogens is 1. The first-order chi connectivity index (χ1) is 9.36. The van der Waals surface area contributed by atoms with Gasteiger partial charge in [-0.3, -0.25) is 4.79 Å². The van der Waals surface area contributed by atoms with Crippen LogP contribution in [0.3, 0.4) is 0 Å². The number of amides is 1. The highest BCUT2D eigenvalue weighted by Crippen LogP contribution is 2.27. The normalized spacial score (nSPS) is 15.6. The van der Waals surface area contributed by atoms with Crippen LogP contribution >= 0.6 is 11.3 Å². The third-order valence-electron chi connectivity index (χ3n) is 3.30. The van der Waals surface area contributed by atoms with Gasteiger partial charge in [-0.25, -0.2) is 4.98 Å². The van der Waals surface area contributed by atoms with Crippen LogP contribution < -0.4 is 4.90 Å². The summed E-state index contributed by atoms with van der Waals surface area (Å²) in [5, 5.41) is 3.14. The second-order valence-corrected chi connectivity index (χ2v) is 5.35. The molecule has 0 spiro atoms. The summed E-state index contributed by atoms with van der Waals surface area (Å²) in [6.07, 6.45) is 0.925. The first-order valence-electron chi connectivity index (χ1n) is 6.32. The molecule has 4 nitrogen and oxygen atoms in total. The van der Waals surface area contributed by atoms with Gasteiger partial charge < -0.3 is 9.80 Å². The van der Waals surface area contributed by atoms with Gasteiger partial charge in [0.05, 0.1) is 5.69 Å². The number of rotatable bonds is 3. The molecule has 98 valence electrons. The molecule has 0 N–H and O–H groups in total. The minimum Gasteiger partial charge on any atom is -0.345 e. The molecular formula is C14H15N3OS. The number of benzene rings is 1. The minimum atomic E-state index is 0.781. The number of carbonyl (C=O) groups excluding carboxylic acids is 1. The average Bonchev–Trinajstić information content (AvgIpc) is 2.98. The molecule has 1 aromatic heterocycles. The number of hydrogen-bond donors (Lipinski definition) is 0. The molecule has 1 aromatic carbocycles. The summed E-state index contributed by atoms with van der Waals surface area (Å²) >= 11 is 1.67. The molecule has 19 heavy (non-hydrogen) atoms. The zero-order valence-corrected chi connectivity index (χ0v) is 11.3. The Morgan fingerprint density at radius 2 is 1.84 bits per heavy atom. The van der Waals surface area contributed by atoms with Crippen LogP contribution in [0.25, 0.3) is 11.3 Å². The van der Waals surface area contributed by atoms with Crippen LogP contribution in [-0.4, -0.2) is 42.5 Å². The highest BCUT2D eigenvalue weighted by molar-refractivity contribution is 7.14. The Bertz CT molecular complexity index is 547. The van der Waals surface area contributed by atoms with E-state index in [1.165, 1.54) is 0 Å². The SMILES string of the molecule is O=CN1CCN(c2nc(-c3ccccc3)cs2)CC1. The third kappa shape index (κ3) is 2.61. The van der Waals surface area contributed by atoms with E-state index in [2.05, 4.69) is 22.4 Å². The van der Waals surface area contributed by atoms with Crippen molar-refractivity contribution >= 4 is 22.9 Å². The number of hydrogen-bond acceptors (Lipinski definition) is 4. The highest BCUT2D eigenvalue weighted by Gasteiger charge is 2.18. The largest absolute Gasteiger partial charge is 0.345 e. The minimum absolute atomic E-state index is 0.781. The zero-order chi connectivity index (χ0) is 13.1. The monoisotopic (exact) mass is 273 g/mol. The molecule has 5 heteroatoms. The lowest BCUT2D eigenvalue weighted by atomic mass is 10.2. The Morgan fingerprint density at radius 3 is 2.53 bits per heavy atom. The van der Waals surface area contributed by atoms with Crippen molar-refractivity contribution in [3.8, 4) is 11.3 Å². The Labute approximate surface area is 116 Å². The lowest BCUT2D eigenvalue weighted by Gasteiger charge is -2.32. The standard InChI is InChI=1S/C14H15N3OS/c18-11-16-6-8-17(9-7-16)14-15-13(10-19-14)12-4-2-1-3-5-12/h1-5,10-11H,6-9H2. The Hall–Kier alpha value is -1.88. The van der Waals surface area contributed by atoms with Crippen LogP contribution in [0.4, 0.5) is 5.13 Å². The molecule has 1 fully saturated rings. The third-order valence-corrected chi connectivity index (χ3v) is 4.20. The van der Waals surface area contributed by atoms with Gasteiger partial charge >= 0.3 is 0 Å². The summed E-state index contributed by atoms with van der Waals surface area (Å²) in [5.74, 6) is 0. The van der Waals surface area contributed by atoms with Crippen molar-refractivity contribution in [3.05, 3.63) is 35.7 Å². The van der Waals surface area contributed by atoms with E-state index >= 15 is 0 Å². The van der Waals surface area contributed by atoms with E-state index in [1.54, 1.807) is 11.3 Å². The molecule has 0 aliphatic carbocycles. The predicted octanol–water partition coefficient (Wildman–Crippen LogP) is 2.09. The fourth-order valence-corrected chi connectivity index (χ4v) is 3.06. The smallest absolute Gasteiger partial charge is 0.209 e. The van der Waals surface area contributed by atoms with Crippen LogP contribution in [0.15, 0.2) is 35.7 Å². The van der Waals surface area contributed by atoms with Gasteiger partial charge in [0.2, 0.25) is 6.41 Å². The summed E-state index contributed by atoms with van der Waals surface area (Å²) < 4.78 is 0. The second-order valence-electron chi connectivity index (χ2n) is 4.51. The molecule has 0 bridgehead atoms. The molecule has 0 unspecified atom stereocenters. The van der Waals surface area contributed by atoms with E-state index in [1.807, 2.05) is 23.1 Å². The number of anilines is 1. The quantitative estimate of drug-likeness (QED) is 0.803. The maximum atomic E-state index is 10.7. The summed E-state index contributed by atoms with van der Waals surface area (Å²) in [5.41, 5.74) is 2.18. The van der Waals surface area contributed by atoms with E-state index in [4.69, 9.17) is 4.98 Å². The molecule has 0 saturated carbocycles. The number of thiazole rings is 1. The highest BCUT2D eigenvalue weighted by atomic mass is 32.1. The lowest BCUT2D eigenvalue weighted by molar-refractivity contribution is -0.118. The second kappa shape index (κ2) is 5.40. The molecule has 0 atom stereocenters. The lowest BCUT2D eigenvalue weighted by Crippen LogP contribution is -2.45. The molecule has 1 aliphatic rings. The Balaban J connectivity index is 1.74. The maximum absolute atomic E-state index is 10.7. The zero-order valence-electron chi connectivity index (χ0n) is 10.5. The summed E-state index contributed by atoms with van der Waals surface area (Å²) in [6, 6.07) is 10.2. The number of piperazine rings is 1. The first-order valence-corrected chi connectivity index (χ1v) is 7.20. The van der Waals surface area contributed by atoms with Crippen molar-refractivity contribution in [3.63, 3.8) is 0 Å². The summed E-state index contributed by atoms with van der Waals surface area (Å²) in [7, 11) is 0. The first kappa shape index (κ1) is 12.2. The molecule has 0 radical (unpaired) electrons. The van der Waals surface area contributed by atoms with Gasteiger partial charge in [-0.1, -0.05) is 30.3 Å². The van der Waals surface area contributed by atoms with Crippen molar-refractivity contribution < 1.29 is 4.79 Å². The van der Waals surface area contributed by atoms with E-state index in [9.17, 15) is 4.79 Å². The fourth-order valence-electron chi connectivity index (χ4n) is 2.17. The molecule has 3 rings (SSSR count). The number of nitrogens with zero attached hydrogens (tertiary/aromatic N) is 3. The van der Waals surface area contributed by atoms with E-state index < -0.39 is 0 Å². The molecule has 2 heterocycles. The summed E-state index contributed by atoms with van der Waals surface area (Å²) in [6.45, 7) is 3.29. The van der Waals surface area contributed by atoms with Crippen molar-refractivity contribution in [2.45, 2.75) is 0 Å². The summed E-state index contributed by atoms with van der Waals surface area (Å²) in [4.78, 5) is 19.4. The van der Waals surface area contributed by atoms with Crippen molar-refractivity contribution in [1.29, 1.82) is 0 Å². The van der Waals surface area contributed by atoms with Crippen molar-refractivity contribution in [2.75, 3.05) is 31.1 Å². The van der Waals surface area contributed by atoms with Crippen LogP contribution in [0.5, 0.6) is 0 Å². The van der Waals surface area contributed by atoms with Gasteiger partial charge in [-0.2, -0.15) is 0 Å². The van der Waals surface area contributed by atoms with Gasteiger partial charge in [0.15, 0.2) is 5.13 Å². The molecule has 1 amide bonds. The van der Waals surface area contributed by atoms with Gasteiger partial charge in [0.1, 0.15) is 0 Å².